The maximum absolute atomic E-state index is 13.4. The third-order valence-corrected chi connectivity index (χ3v) is 3.59. The summed E-state index contributed by atoms with van der Waals surface area (Å²) in [4.78, 5) is 0. The number of nitrogens with zero attached hydrogens (tertiary/aromatic N) is 1. The quantitative estimate of drug-likeness (QED) is 0.223. The Hall–Kier alpha value is -1.67. The van der Waals surface area contributed by atoms with Crippen LogP contribution in [0.4, 0.5) is 4.39 Å². The van der Waals surface area contributed by atoms with Gasteiger partial charge in [-0.15, -0.1) is 0 Å². The van der Waals surface area contributed by atoms with Crippen LogP contribution in [0.15, 0.2) is 23.4 Å². The summed E-state index contributed by atoms with van der Waals surface area (Å²) in [5, 5.41) is 14.4. The van der Waals surface area contributed by atoms with Crippen LogP contribution in [0.25, 0.3) is 0 Å². The predicted octanol–water partition coefficient (Wildman–Crippen LogP) is 0.445. The molecule has 0 saturated heterocycles. The molecular formula is C12H18FN3O3S. The maximum Gasteiger partial charge on any atom is 0.170 e. The van der Waals surface area contributed by atoms with Gasteiger partial charge in [-0.2, -0.15) is 0 Å². The van der Waals surface area contributed by atoms with E-state index >= 15 is 0 Å². The topological polar surface area (TPSA) is 105 Å². The summed E-state index contributed by atoms with van der Waals surface area (Å²) in [5.74, 6) is -0.539. The molecule has 20 heavy (non-hydrogen) atoms. The average Bonchev–Trinajstić information content (AvgIpc) is 2.35. The summed E-state index contributed by atoms with van der Waals surface area (Å²) in [7, 11) is -2.96. The Labute approximate surface area is 117 Å². The molecule has 8 heteroatoms. The lowest BCUT2D eigenvalue weighted by molar-refractivity contribution is 0.318. The molecule has 0 radical (unpaired) electrons. The van der Waals surface area contributed by atoms with Gasteiger partial charge < -0.3 is 16.3 Å². The molecule has 0 bridgehead atoms. The van der Waals surface area contributed by atoms with Gasteiger partial charge in [0.05, 0.1) is 5.75 Å². The van der Waals surface area contributed by atoms with Gasteiger partial charge in [0, 0.05) is 18.4 Å². The van der Waals surface area contributed by atoms with Gasteiger partial charge in [0.2, 0.25) is 0 Å². The summed E-state index contributed by atoms with van der Waals surface area (Å²) < 4.78 is 35.2. The van der Waals surface area contributed by atoms with Crippen molar-refractivity contribution in [3.63, 3.8) is 0 Å². The summed E-state index contributed by atoms with van der Waals surface area (Å²) in [5.41, 5.74) is 6.33. The van der Waals surface area contributed by atoms with Crippen LogP contribution in [0.2, 0.25) is 0 Å². The number of hydrogen-bond acceptors (Lipinski definition) is 5. The zero-order valence-electron chi connectivity index (χ0n) is 11.1. The van der Waals surface area contributed by atoms with Gasteiger partial charge >= 0.3 is 0 Å². The summed E-state index contributed by atoms with van der Waals surface area (Å²) in [6.07, 6.45) is 1.67. The molecule has 0 spiro atoms. The standard InChI is InChI=1S/C12H18FN3O3S/c1-20(18,19)4-2-3-15-8-9-5-10(12(14)16-17)7-11(13)6-9/h5-7,15,17H,2-4,8H2,1H3,(H2,14,16). The highest BCUT2D eigenvalue weighted by Gasteiger charge is 2.05. The normalized spacial score (nSPS) is 12.6. The molecule has 0 saturated carbocycles. The maximum atomic E-state index is 13.4. The fraction of sp³-hybridized carbons (Fsp3) is 0.417. The van der Waals surface area contributed by atoms with Crippen LogP contribution in [-0.4, -0.2) is 38.0 Å². The first-order valence-corrected chi connectivity index (χ1v) is 8.03. The molecule has 0 atom stereocenters. The molecule has 6 nitrogen and oxygen atoms in total. The Bertz CT molecular complexity index is 588. The van der Waals surface area contributed by atoms with Crippen molar-refractivity contribution in [2.75, 3.05) is 18.6 Å². The van der Waals surface area contributed by atoms with E-state index in [1.54, 1.807) is 6.07 Å². The minimum atomic E-state index is -2.96. The van der Waals surface area contributed by atoms with Crippen LogP contribution >= 0.6 is 0 Å². The molecule has 0 aliphatic rings. The highest BCUT2D eigenvalue weighted by atomic mass is 32.2. The smallest absolute Gasteiger partial charge is 0.170 e. The first-order chi connectivity index (χ1) is 9.31. The van der Waals surface area contributed by atoms with Crippen molar-refractivity contribution in [2.45, 2.75) is 13.0 Å². The molecule has 1 rings (SSSR count). The second-order valence-electron chi connectivity index (χ2n) is 4.49. The highest BCUT2D eigenvalue weighted by Crippen LogP contribution is 2.09. The van der Waals surface area contributed by atoms with Gasteiger partial charge in [0.15, 0.2) is 5.84 Å². The van der Waals surface area contributed by atoms with Crippen molar-refractivity contribution in [3.8, 4) is 0 Å². The van der Waals surface area contributed by atoms with E-state index in [0.29, 0.717) is 30.6 Å². The SMILES string of the molecule is CS(=O)(=O)CCCNCc1cc(F)cc(/C(N)=N/O)c1. The third-order valence-electron chi connectivity index (χ3n) is 2.56. The highest BCUT2D eigenvalue weighted by molar-refractivity contribution is 7.90. The second-order valence-corrected chi connectivity index (χ2v) is 6.75. The number of amidine groups is 1. The molecule has 0 amide bonds. The van der Waals surface area contributed by atoms with E-state index in [1.165, 1.54) is 18.4 Å². The molecule has 0 unspecified atom stereocenters. The number of rotatable bonds is 7. The number of benzene rings is 1. The molecule has 1 aromatic rings. The Balaban J connectivity index is 2.54. The van der Waals surface area contributed by atoms with E-state index in [4.69, 9.17) is 10.9 Å². The molecule has 0 aromatic heterocycles. The van der Waals surface area contributed by atoms with E-state index in [2.05, 4.69) is 10.5 Å². The first-order valence-electron chi connectivity index (χ1n) is 5.97. The van der Waals surface area contributed by atoms with Gasteiger partial charge in [0.25, 0.3) is 0 Å². The summed E-state index contributed by atoms with van der Waals surface area (Å²) in [6.45, 7) is 0.871. The first kappa shape index (κ1) is 16.4. The lowest BCUT2D eigenvalue weighted by Gasteiger charge is -2.07. The Morgan fingerprint density at radius 2 is 2.15 bits per heavy atom. The molecule has 0 aliphatic carbocycles. The second kappa shape index (κ2) is 7.20. The Morgan fingerprint density at radius 1 is 1.45 bits per heavy atom. The van der Waals surface area contributed by atoms with Crippen molar-refractivity contribution < 1.29 is 18.0 Å². The Kier molecular flexibility index (Phi) is 5.90. The van der Waals surface area contributed by atoms with Crippen LogP contribution < -0.4 is 11.1 Å². The van der Waals surface area contributed by atoms with Gasteiger partial charge in [-0.05, 0) is 36.7 Å². The van der Waals surface area contributed by atoms with Gasteiger partial charge in [-0.1, -0.05) is 5.16 Å². The molecule has 112 valence electrons. The van der Waals surface area contributed by atoms with Crippen LogP contribution in [0, 0.1) is 5.82 Å². The number of oxime groups is 1. The minimum Gasteiger partial charge on any atom is -0.409 e. The fourth-order valence-electron chi connectivity index (χ4n) is 1.65. The zero-order chi connectivity index (χ0) is 15.2. The van der Waals surface area contributed by atoms with Crippen LogP contribution in [0.3, 0.4) is 0 Å². The molecule has 0 heterocycles. The third kappa shape index (κ3) is 5.98. The van der Waals surface area contributed by atoms with E-state index in [-0.39, 0.29) is 11.6 Å². The van der Waals surface area contributed by atoms with Crippen molar-refractivity contribution in [2.24, 2.45) is 10.9 Å². The van der Waals surface area contributed by atoms with Gasteiger partial charge in [-0.25, -0.2) is 12.8 Å². The lowest BCUT2D eigenvalue weighted by Crippen LogP contribution is -2.19. The number of halogens is 1. The predicted molar refractivity (Wildman–Crippen MR) is 74.9 cm³/mol. The van der Waals surface area contributed by atoms with Crippen LogP contribution in [0.1, 0.15) is 17.5 Å². The number of nitrogens with one attached hydrogen (secondary N) is 1. The number of hydrogen-bond donors (Lipinski definition) is 3. The van der Waals surface area contributed by atoms with Crippen molar-refractivity contribution in [1.82, 2.24) is 5.32 Å². The van der Waals surface area contributed by atoms with Crippen LogP contribution in [0.5, 0.6) is 0 Å². The molecule has 0 aliphatic heterocycles. The average molecular weight is 303 g/mol. The minimum absolute atomic E-state index is 0.110. The number of nitrogens with two attached hydrogens (primary N) is 1. The van der Waals surface area contributed by atoms with Crippen molar-refractivity contribution in [3.05, 3.63) is 35.1 Å². The monoisotopic (exact) mass is 303 g/mol. The van der Waals surface area contributed by atoms with Gasteiger partial charge in [-0.3, -0.25) is 0 Å². The summed E-state index contributed by atoms with van der Waals surface area (Å²) >= 11 is 0. The molecule has 1 aromatic carbocycles. The lowest BCUT2D eigenvalue weighted by atomic mass is 10.1. The van der Waals surface area contributed by atoms with E-state index in [0.717, 1.165) is 0 Å². The van der Waals surface area contributed by atoms with Crippen molar-refractivity contribution in [1.29, 1.82) is 0 Å². The van der Waals surface area contributed by atoms with E-state index in [9.17, 15) is 12.8 Å². The van der Waals surface area contributed by atoms with E-state index in [1.807, 2.05) is 0 Å². The zero-order valence-corrected chi connectivity index (χ0v) is 12.0. The largest absolute Gasteiger partial charge is 0.409 e. The molecule has 4 N–H and O–H groups in total. The fourth-order valence-corrected chi connectivity index (χ4v) is 2.32. The van der Waals surface area contributed by atoms with Crippen LogP contribution in [-0.2, 0) is 16.4 Å². The van der Waals surface area contributed by atoms with E-state index < -0.39 is 15.7 Å². The van der Waals surface area contributed by atoms with Crippen molar-refractivity contribution >= 4 is 15.7 Å². The Morgan fingerprint density at radius 3 is 2.75 bits per heavy atom. The molecular weight excluding hydrogens is 285 g/mol. The molecule has 0 fully saturated rings. The van der Waals surface area contributed by atoms with Gasteiger partial charge in [0.1, 0.15) is 15.7 Å². The number of sulfone groups is 1. The summed E-state index contributed by atoms with van der Waals surface area (Å²) in [6, 6.07) is 4.10.